The number of esters is 1. The Labute approximate surface area is 211 Å². The molecule has 174 valence electrons. The van der Waals surface area contributed by atoms with E-state index in [-0.39, 0.29) is 23.4 Å². The first-order valence-electron chi connectivity index (χ1n) is 9.99. The maximum atomic E-state index is 13.1. The second-order valence-electron chi connectivity index (χ2n) is 7.21. The average molecular weight is 601 g/mol. The van der Waals surface area contributed by atoms with Crippen molar-refractivity contribution >= 4 is 66.8 Å². The van der Waals surface area contributed by atoms with Gasteiger partial charge in [0.25, 0.3) is 11.1 Å². The van der Waals surface area contributed by atoms with Crippen LogP contribution in [0, 0.1) is 5.82 Å². The summed E-state index contributed by atoms with van der Waals surface area (Å²) in [5.74, 6) is -0.948. The number of halogens is 3. The van der Waals surface area contributed by atoms with Gasteiger partial charge in [0.05, 0.1) is 20.0 Å². The number of hydrogen-bond donors (Lipinski definition) is 0. The summed E-state index contributed by atoms with van der Waals surface area (Å²) in [6.07, 6.45) is 1.93. The lowest BCUT2D eigenvalue weighted by Gasteiger charge is -2.14. The fourth-order valence-electron chi connectivity index (χ4n) is 2.80. The predicted molar refractivity (Wildman–Crippen MR) is 131 cm³/mol. The van der Waals surface area contributed by atoms with Crippen LogP contribution in [0.5, 0.6) is 5.75 Å². The second-order valence-corrected chi connectivity index (χ2v) is 9.91. The minimum absolute atomic E-state index is 0.204. The molecular weight excluding hydrogens is 581 g/mol. The lowest BCUT2D eigenvalue weighted by atomic mass is 10.2. The maximum Gasteiger partial charge on any atom is 0.326 e. The van der Waals surface area contributed by atoms with Crippen LogP contribution in [0.1, 0.15) is 31.4 Å². The Morgan fingerprint density at radius 1 is 1.18 bits per heavy atom. The molecule has 0 unspecified atom stereocenters. The summed E-state index contributed by atoms with van der Waals surface area (Å²) < 4.78 is 25.3. The van der Waals surface area contributed by atoms with E-state index in [2.05, 4.69) is 31.9 Å². The van der Waals surface area contributed by atoms with Gasteiger partial charge in [0.1, 0.15) is 24.7 Å². The Hall–Kier alpha value is -2.17. The monoisotopic (exact) mass is 599 g/mol. The van der Waals surface area contributed by atoms with Crippen molar-refractivity contribution in [1.29, 1.82) is 0 Å². The van der Waals surface area contributed by atoms with Gasteiger partial charge in [-0.3, -0.25) is 19.3 Å². The summed E-state index contributed by atoms with van der Waals surface area (Å²) in [6.45, 7) is 3.43. The summed E-state index contributed by atoms with van der Waals surface area (Å²) in [6, 6.07) is 9.50. The van der Waals surface area contributed by atoms with Gasteiger partial charge in [0.2, 0.25) is 0 Å². The first-order valence-corrected chi connectivity index (χ1v) is 12.4. The molecule has 0 N–H and O–H groups in total. The molecule has 6 nitrogen and oxygen atoms in total. The van der Waals surface area contributed by atoms with Crippen LogP contribution in [0.15, 0.2) is 50.2 Å². The Morgan fingerprint density at radius 3 is 2.42 bits per heavy atom. The number of benzene rings is 2. The van der Waals surface area contributed by atoms with Crippen LogP contribution in [0.3, 0.4) is 0 Å². The Balaban J connectivity index is 1.71. The molecule has 2 aromatic carbocycles. The van der Waals surface area contributed by atoms with Crippen molar-refractivity contribution in [3.8, 4) is 5.75 Å². The van der Waals surface area contributed by atoms with Gasteiger partial charge in [-0.2, -0.15) is 0 Å². The van der Waals surface area contributed by atoms with Gasteiger partial charge in [0, 0.05) is 0 Å². The smallest absolute Gasteiger partial charge is 0.326 e. The van der Waals surface area contributed by atoms with E-state index in [1.54, 1.807) is 37.3 Å². The number of thioether (sulfide) groups is 1. The van der Waals surface area contributed by atoms with E-state index >= 15 is 0 Å². The molecule has 0 radical (unpaired) electrons. The lowest BCUT2D eigenvalue weighted by molar-refractivity contribution is -0.150. The van der Waals surface area contributed by atoms with Crippen molar-refractivity contribution in [2.75, 3.05) is 6.54 Å². The van der Waals surface area contributed by atoms with Gasteiger partial charge in [0.15, 0.2) is 0 Å². The molecule has 1 fully saturated rings. The number of carbonyl (C=O) groups excluding carboxylic acids is 3. The van der Waals surface area contributed by atoms with Crippen molar-refractivity contribution < 1.29 is 28.2 Å². The van der Waals surface area contributed by atoms with Crippen molar-refractivity contribution in [3.63, 3.8) is 0 Å². The number of hydrogen-bond acceptors (Lipinski definition) is 6. The highest BCUT2D eigenvalue weighted by Crippen LogP contribution is 2.38. The minimum Gasteiger partial charge on any atom is -0.487 e. The fourth-order valence-corrected chi connectivity index (χ4v) is 5.09. The highest BCUT2D eigenvalue weighted by molar-refractivity contribution is 9.11. The molecule has 0 aromatic heterocycles. The van der Waals surface area contributed by atoms with Crippen molar-refractivity contribution in [1.82, 2.24) is 4.90 Å². The van der Waals surface area contributed by atoms with Crippen LogP contribution in [0.25, 0.3) is 6.08 Å². The summed E-state index contributed by atoms with van der Waals surface area (Å²) in [7, 11) is 0. The van der Waals surface area contributed by atoms with E-state index in [0.29, 0.717) is 26.7 Å². The van der Waals surface area contributed by atoms with Gasteiger partial charge >= 0.3 is 5.97 Å². The third-order valence-corrected chi connectivity index (χ3v) is 6.77. The summed E-state index contributed by atoms with van der Waals surface area (Å²) in [4.78, 5) is 38.0. The van der Waals surface area contributed by atoms with Crippen molar-refractivity contribution in [2.24, 2.45) is 0 Å². The Bertz CT molecular complexity index is 1080. The number of rotatable bonds is 8. The van der Waals surface area contributed by atoms with E-state index in [4.69, 9.17) is 9.47 Å². The second kappa shape index (κ2) is 11.3. The predicted octanol–water partition coefficient (Wildman–Crippen LogP) is 6.31. The van der Waals surface area contributed by atoms with Crippen LogP contribution < -0.4 is 4.74 Å². The maximum absolute atomic E-state index is 13.1. The number of amides is 2. The third kappa shape index (κ3) is 6.68. The molecular formula is C23H20Br2FNO5S. The quantitative estimate of drug-likeness (QED) is 0.261. The molecule has 2 amide bonds. The molecule has 2 aromatic rings. The topological polar surface area (TPSA) is 72.9 Å². The van der Waals surface area contributed by atoms with Crippen LogP contribution >= 0.6 is 43.6 Å². The Kier molecular flexibility index (Phi) is 8.72. The van der Waals surface area contributed by atoms with Crippen molar-refractivity contribution in [3.05, 3.63) is 67.2 Å². The van der Waals surface area contributed by atoms with E-state index in [1.807, 2.05) is 6.92 Å². The highest BCUT2D eigenvalue weighted by atomic mass is 79.9. The summed E-state index contributed by atoms with van der Waals surface area (Å²) in [5.41, 5.74) is 1.45. The van der Waals surface area contributed by atoms with Gasteiger partial charge in [-0.1, -0.05) is 19.1 Å². The Morgan fingerprint density at radius 2 is 1.82 bits per heavy atom. The molecule has 0 bridgehead atoms. The molecule has 10 heteroatoms. The van der Waals surface area contributed by atoms with E-state index in [0.717, 1.165) is 22.2 Å². The number of nitrogens with zero attached hydrogens (tertiary/aromatic N) is 1. The summed E-state index contributed by atoms with van der Waals surface area (Å²) in [5, 5.41) is -0.523. The molecule has 1 aliphatic heterocycles. The van der Waals surface area contributed by atoms with Crippen LogP contribution in [-0.2, 0) is 20.9 Å². The van der Waals surface area contributed by atoms with E-state index in [9.17, 15) is 18.8 Å². The zero-order valence-electron chi connectivity index (χ0n) is 17.8. The zero-order valence-corrected chi connectivity index (χ0v) is 21.8. The van der Waals surface area contributed by atoms with Gasteiger partial charge in [-0.25, -0.2) is 4.39 Å². The third-order valence-electron chi connectivity index (χ3n) is 4.68. The molecule has 0 spiro atoms. The molecule has 3 rings (SSSR count). The van der Waals surface area contributed by atoms with Gasteiger partial charge in [-0.05, 0) is 98.4 Å². The number of imide groups is 1. The lowest BCUT2D eigenvalue weighted by Crippen LogP contribution is -2.35. The average Bonchev–Trinajstić information content (AvgIpc) is 3.01. The molecule has 0 saturated carbocycles. The highest BCUT2D eigenvalue weighted by Gasteiger charge is 2.37. The van der Waals surface area contributed by atoms with E-state index < -0.39 is 23.7 Å². The number of ether oxygens (including phenoxy) is 2. The van der Waals surface area contributed by atoms with Gasteiger partial charge < -0.3 is 9.47 Å². The van der Waals surface area contributed by atoms with Crippen molar-refractivity contribution in [2.45, 2.75) is 33.0 Å². The molecule has 0 aliphatic carbocycles. The largest absolute Gasteiger partial charge is 0.487 e. The first-order chi connectivity index (χ1) is 15.7. The van der Waals surface area contributed by atoms with Crippen LogP contribution in [0.2, 0.25) is 0 Å². The normalized spacial score (nSPS) is 15.8. The number of carbonyl (C=O) groups is 3. The fraction of sp³-hybridized carbons (Fsp3) is 0.261. The van der Waals surface area contributed by atoms with E-state index in [1.165, 1.54) is 12.1 Å². The van der Waals surface area contributed by atoms with Crippen LogP contribution in [-0.4, -0.2) is 34.7 Å². The first kappa shape index (κ1) is 25.5. The zero-order chi connectivity index (χ0) is 24.1. The van der Waals surface area contributed by atoms with Crippen LogP contribution in [0.4, 0.5) is 9.18 Å². The molecule has 1 heterocycles. The molecule has 33 heavy (non-hydrogen) atoms. The SMILES string of the molecule is CC[C@H](C)OC(=O)CN1C(=O)S/C(=C/c2cc(Br)c(OCc3ccc(F)cc3)c(Br)c2)C1=O. The minimum atomic E-state index is -0.624. The molecule has 1 atom stereocenters. The summed E-state index contributed by atoms with van der Waals surface area (Å²) >= 11 is 7.68. The van der Waals surface area contributed by atoms with Gasteiger partial charge in [-0.15, -0.1) is 0 Å². The standard InChI is InChI=1S/C23H20Br2FNO5S/c1-3-13(2)32-20(28)11-27-22(29)19(33-23(27)30)10-15-8-17(24)21(18(25)9-15)31-12-14-4-6-16(26)7-5-14/h4-10,13H,3,11-12H2,1-2H3/b19-10+/t13-/m0/s1. The molecule has 1 aliphatic rings. The molecule has 1 saturated heterocycles.